The van der Waals surface area contributed by atoms with Crippen molar-refractivity contribution in [3.05, 3.63) is 46.2 Å². The quantitative estimate of drug-likeness (QED) is 0.763. The maximum Gasteiger partial charge on any atom is 0.0526 e. The van der Waals surface area contributed by atoms with E-state index in [0.717, 1.165) is 12.3 Å². The van der Waals surface area contributed by atoms with Gasteiger partial charge in [-0.15, -0.1) is 23.1 Å². The van der Waals surface area contributed by atoms with Crippen LogP contribution in [0.2, 0.25) is 0 Å². The van der Waals surface area contributed by atoms with Crippen LogP contribution in [0.25, 0.3) is 0 Å². The molecule has 2 aromatic rings. The highest BCUT2D eigenvalue weighted by Gasteiger charge is 2.31. The van der Waals surface area contributed by atoms with Crippen molar-refractivity contribution in [2.24, 2.45) is 5.73 Å². The first kappa shape index (κ1) is 14.9. The smallest absolute Gasteiger partial charge is 0.0526 e. The number of thiophene rings is 1. The van der Waals surface area contributed by atoms with Crippen molar-refractivity contribution in [2.45, 2.75) is 43.8 Å². The van der Waals surface area contributed by atoms with Crippen molar-refractivity contribution in [1.29, 1.82) is 0 Å². The summed E-state index contributed by atoms with van der Waals surface area (Å²) >= 11 is 3.73. The van der Waals surface area contributed by atoms with Crippen molar-refractivity contribution >= 4 is 28.8 Å². The Balaban J connectivity index is 1.93. The number of nitrogens with zero attached hydrogens (tertiary/aromatic N) is 1. The van der Waals surface area contributed by atoms with Crippen LogP contribution in [0.4, 0.5) is 5.69 Å². The van der Waals surface area contributed by atoms with E-state index in [-0.39, 0.29) is 0 Å². The molecule has 1 aliphatic rings. The lowest BCUT2D eigenvalue weighted by Crippen LogP contribution is -2.26. The minimum absolute atomic E-state index is 0.617. The molecule has 4 heteroatoms. The van der Waals surface area contributed by atoms with Crippen molar-refractivity contribution in [1.82, 2.24) is 0 Å². The molecule has 0 bridgehead atoms. The highest BCUT2D eigenvalue weighted by atomic mass is 32.2. The molecule has 0 saturated heterocycles. The average molecular weight is 319 g/mol. The summed E-state index contributed by atoms with van der Waals surface area (Å²) in [6.45, 7) is 3.82. The molecule has 0 radical (unpaired) electrons. The van der Waals surface area contributed by atoms with E-state index in [1.54, 1.807) is 0 Å². The molecule has 0 aliphatic heterocycles. The second-order valence-corrected chi connectivity index (χ2v) is 7.67. The fraction of sp³-hybridized carbons (Fsp3) is 0.412. The summed E-state index contributed by atoms with van der Waals surface area (Å²) in [4.78, 5) is 5.33. The Morgan fingerprint density at radius 2 is 2.14 bits per heavy atom. The number of hydrogen-bond donors (Lipinski definition) is 1. The monoisotopic (exact) mass is 318 g/mol. The minimum Gasteiger partial charge on any atom is -0.363 e. The maximum atomic E-state index is 6.08. The molecule has 1 aliphatic carbocycles. The summed E-state index contributed by atoms with van der Waals surface area (Å²) in [5.74, 6) is 1.09. The van der Waals surface area contributed by atoms with Crippen LogP contribution < -0.4 is 10.6 Å². The Morgan fingerprint density at radius 1 is 1.29 bits per heavy atom. The first-order valence-electron chi connectivity index (χ1n) is 7.57. The first-order chi connectivity index (χ1) is 10.3. The van der Waals surface area contributed by atoms with Gasteiger partial charge in [-0.2, -0.15) is 0 Å². The zero-order chi connectivity index (χ0) is 14.7. The standard InChI is InChI=1S/C17H22N2S2/c1-2-20-17-7-3-6-16(15(17)11-18)19(13-8-9-13)12-14-5-4-10-21-14/h3-7,10,13H,2,8-9,11-12,18H2,1H3. The summed E-state index contributed by atoms with van der Waals surface area (Å²) in [6.07, 6.45) is 2.61. The lowest BCUT2D eigenvalue weighted by atomic mass is 10.1. The van der Waals surface area contributed by atoms with Crippen LogP contribution in [0.3, 0.4) is 0 Å². The van der Waals surface area contributed by atoms with Crippen LogP contribution in [0.15, 0.2) is 40.6 Å². The van der Waals surface area contributed by atoms with Gasteiger partial charge in [0, 0.05) is 33.6 Å². The molecule has 2 N–H and O–H groups in total. The van der Waals surface area contributed by atoms with E-state index in [4.69, 9.17) is 5.73 Å². The summed E-state index contributed by atoms with van der Waals surface area (Å²) in [6, 6.07) is 11.7. The largest absolute Gasteiger partial charge is 0.363 e. The Morgan fingerprint density at radius 3 is 2.76 bits per heavy atom. The third-order valence-electron chi connectivity index (χ3n) is 3.82. The Kier molecular flexibility index (Phi) is 4.88. The molecule has 2 nitrogen and oxygen atoms in total. The van der Waals surface area contributed by atoms with Gasteiger partial charge in [0.1, 0.15) is 0 Å². The van der Waals surface area contributed by atoms with E-state index in [1.807, 2.05) is 23.1 Å². The van der Waals surface area contributed by atoms with Gasteiger partial charge in [-0.3, -0.25) is 0 Å². The molecule has 112 valence electrons. The summed E-state index contributed by atoms with van der Waals surface area (Å²) in [5, 5.41) is 2.16. The molecule has 0 amide bonds. The van der Waals surface area contributed by atoms with Crippen LogP contribution >= 0.6 is 23.1 Å². The fourth-order valence-corrected chi connectivity index (χ4v) is 4.24. The summed E-state index contributed by atoms with van der Waals surface area (Å²) < 4.78 is 0. The van der Waals surface area contributed by atoms with E-state index in [9.17, 15) is 0 Å². The van der Waals surface area contributed by atoms with E-state index in [2.05, 4.69) is 47.5 Å². The molecule has 21 heavy (non-hydrogen) atoms. The predicted molar refractivity (Wildman–Crippen MR) is 94.3 cm³/mol. The highest BCUT2D eigenvalue weighted by molar-refractivity contribution is 7.99. The average Bonchev–Trinajstić information content (AvgIpc) is 3.21. The second-order valence-electron chi connectivity index (χ2n) is 5.33. The second kappa shape index (κ2) is 6.86. The normalized spacial score (nSPS) is 14.4. The topological polar surface area (TPSA) is 29.3 Å². The Labute approximate surface area is 135 Å². The van der Waals surface area contributed by atoms with Gasteiger partial charge in [0.15, 0.2) is 0 Å². The first-order valence-corrected chi connectivity index (χ1v) is 9.43. The highest BCUT2D eigenvalue weighted by Crippen LogP contribution is 2.38. The number of benzene rings is 1. The lowest BCUT2D eigenvalue weighted by molar-refractivity contribution is 0.790. The molecule has 3 rings (SSSR count). The maximum absolute atomic E-state index is 6.08. The van der Waals surface area contributed by atoms with Gasteiger partial charge in [0.25, 0.3) is 0 Å². The lowest BCUT2D eigenvalue weighted by Gasteiger charge is -2.27. The molecule has 1 heterocycles. The minimum atomic E-state index is 0.617. The molecule has 1 fully saturated rings. The number of rotatable bonds is 7. The van der Waals surface area contributed by atoms with E-state index in [1.165, 1.54) is 33.9 Å². The van der Waals surface area contributed by atoms with Crippen molar-refractivity contribution in [3.8, 4) is 0 Å². The Bertz CT molecular complexity index is 576. The molecule has 1 aromatic heterocycles. The molecule has 0 atom stereocenters. The zero-order valence-electron chi connectivity index (χ0n) is 12.4. The van der Waals surface area contributed by atoms with Crippen LogP contribution in [-0.4, -0.2) is 11.8 Å². The third-order valence-corrected chi connectivity index (χ3v) is 5.66. The summed E-state index contributed by atoms with van der Waals surface area (Å²) in [5.41, 5.74) is 8.73. The number of thioether (sulfide) groups is 1. The molecule has 1 aromatic carbocycles. The van der Waals surface area contributed by atoms with Crippen molar-refractivity contribution in [3.63, 3.8) is 0 Å². The van der Waals surface area contributed by atoms with E-state index < -0.39 is 0 Å². The van der Waals surface area contributed by atoms with Crippen molar-refractivity contribution < 1.29 is 0 Å². The van der Waals surface area contributed by atoms with E-state index >= 15 is 0 Å². The van der Waals surface area contributed by atoms with Crippen LogP contribution in [0.1, 0.15) is 30.2 Å². The number of anilines is 1. The Hall–Kier alpha value is -0.970. The van der Waals surface area contributed by atoms with Crippen molar-refractivity contribution in [2.75, 3.05) is 10.7 Å². The SMILES string of the molecule is CCSc1cccc(N(Cc2cccs2)C2CC2)c1CN. The molecule has 0 spiro atoms. The summed E-state index contributed by atoms with van der Waals surface area (Å²) in [7, 11) is 0. The molecule has 0 unspecified atom stereocenters. The van der Waals surface area contributed by atoms with Crippen LogP contribution in [-0.2, 0) is 13.1 Å². The van der Waals surface area contributed by atoms with Gasteiger partial charge >= 0.3 is 0 Å². The zero-order valence-corrected chi connectivity index (χ0v) is 14.1. The molecule has 1 saturated carbocycles. The van der Waals surface area contributed by atoms with Gasteiger partial charge in [0.05, 0.1) is 6.54 Å². The van der Waals surface area contributed by atoms with Gasteiger partial charge in [-0.25, -0.2) is 0 Å². The third kappa shape index (κ3) is 3.44. The molecular formula is C17H22N2S2. The van der Waals surface area contributed by atoms with Gasteiger partial charge in [-0.05, 0) is 42.2 Å². The fourth-order valence-electron chi connectivity index (χ4n) is 2.69. The van der Waals surface area contributed by atoms with E-state index in [0.29, 0.717) is 12.6 Å². The van der Waals surface area contributed by atoms with Gasteiger partial charge in [-0.1, -0.05) is 19.1 Å². The number of hydrogen-bond acceptors (Lipinski definition) is 4. The van der Waals surface area contributed by atoms with Crippen LogP contribution in [0.5, 0.6) is 0 Å². The predicted octanol–water partition coefficient (Wildman–Crippen LogP) is 4.49. The van der Waals surface area contributed by atoms with Gasteiger partial charge in [0.2, 0.25) is 0 Å². The number of nitrogens with two attached hydrogens (primary N) is 1. The van der Waals surface area contributed by atoms with Gasteiger partial charge < -0.3 is 10.6 Å². The van der Waals surface area contributed by atoms with Crippen LogP contribution in [0, 0.1) is 0 Å². The molecular weight excluding hydrogens is 296 g/mol.